The van der Waals surface area contributed by atoms with Gasteiger partial charge in [-0.2, -0.15) is 4.98 Å². The van der Waals surface area contributed by atoms with Crippen molar-refractivity contribution in [2.75, 3.05) is 19.3 Å². The lowest BCUT2D eigenvalue weighted by Gasteiger charge is -2.24. The SMILES string of the molecule is Cc1cccc(-c2ocnc2C(=O)N[C@@H]2C[C@H]3CN(S(C)(=O)=O)C[C@@]3(c3nc(C)no3)C2)c1. The topological polar surface area (TPSA) is 131 Å². The second-order valence-corrected chi connectivity index (χ2v) is 11.0. The molecule has 1 saturated carbocycles. The zero-order valence-electron chi connectivity index (χ0n) is 18.6. The van der Waals surface area contributed by atoms with Crippen LogP contribution in [0.1, 0.15) is 40.6 Å². The molecule has 11 heteroatoms. The lowest BCUT2D eigenvalue weighted by Crippen LogP contribution is -2.39. The van der Waals surface area contributed by atoms with Crippen molar-refractivity contribution in [3.05, 3.63) is 53.6 Å². The number of nitrogens with one attached hydrogen (secondary N) is 1. The fraction of sp³-hybridized carbons (Fsp3) is 0.455. The average Bonchev–Trinajstić information content (AvgIpc) is 3.49. The summed E-state index contributed by atoms with van der Waals surface area (Å²) >= 11 is 0. The van der Waals surface area contributed by atoms with Gasteiger partial charge in [-0.15, -0.1) is 0 Å². The van der Waals surface area contributed by atoms with E-state index in [0.717, 1.165) is 11.1 Å². The number of aromatic nitrogens is 3. The molecule has 33 heavy (non-hydrogen) atoms. The van der Waals surface area contributed by atoms with E-state index in [2.05, 4.69) is 20.4 Å². The number of carbonyl (C=O) groups excluding carboxylic acids is 1. The van der Waals surface area contributed by atoms with Gasteiger partial charge >= 0.3 is 0 Å². The van der Waals surface area contributed by atoms with Crippen LogP contribution in [0.25, 0.3) is 11.3 Å². The maximum Gasteiger partial charge on any atom is 0.274 e. The number of oxazole rings is 1. The van der Waals surface area contributed by atoms with Crippen LogP contribution in [0.3, 0.4) is 0 Å². The van der Waals surface area contributed by atoms with Crippen molar-refractivity contribution in [1.29, 1.82) is 0 Å². The fourth-order valence-electron chi connectivity index (χ4n) is 5.17. The molecule has 1 aliphatic heterocycles. The van der Waals surface area contributed by atoms with E-state index in [1.165, 1.54) is 17.0 Å². The number of carbonyl (C=O) groups is 1. The van der Waals surface area contributed by atoms with Crippen LogP contribution in [0.2, 0.25) is 0 Å². The summed E-state index contributed by atoms with van der Waals surface area (Å²) in [5, 5.41) is 6.99. The highest BCUT2D eigenvalue weighted by atomic mass is 32.2. The highest BCUT2D eigenvalue weighted by Crippen LogP contribution is 2.50. The zero-order valence-corrected chi connectivity index (χ0v) is 19.4. The normalized spacial score (nSPS) is 25.3. The molecule has 0 spiro atoms. The number of fused-ring (bicyclic) bond motifs is 1. The van der Waals surface area contributed by atoms with Crippen LogP contribution in [0.15, 0.2) is 39.6 Å². The van der Waals surface area contributed by atoms with Gasteiger partial charge in [0.1, 0.15) is 0 Å². The van der Waals surface area contributed by atoms with E-state index in [1.54, 1.807) is 6.92 Å². The van der Waals surface area contributed by atoms with Crippen LogP contribution in [-0.2, 0) is 15.4 Å². The summed E-state index contributed by atoms with van der Waals surface area (Å²) in [5.41, 5.74) is 1.41. The summed E-state index contributed by atoms with van der Waals surface area (Å²) in [6, 6.07) is 7.48. The first-order valence-corrected chi connectivity index (χ1v) is 12.6. The molecule has 10 nitrogen and oxygen atoms in total. The molecule has 1 amide bonds. The minimum absolute atomic E-state index is 0.0501. The molecule has 1 N–H and O–H groups in total. The van der Waals surface area contributed by atoms with Crippen molar-refractivity contribution in [3.8, 4) is 11.3 Å². The second kappa shape index (κ2) is 7.77. The summed E-state index contributed by atoms with van der Waals surface area (Å²) in [7, 11) is -3.37. The van der Waals surface area contributed by atoms with E-state index in [0.29, 0.717) is 36.9 Å². The molecule has 0 bridgehead atoms. The molecule has 174 valence electrons. The minimum Gasteiger partial charge on any atom is -0.443 e. The molecule has 3 atom stereocenters. The van der Waals surface area contributed by atoms with Crippen LogP contribution < -0.4 is 5.32 Å². The first-order valence-electron chi connectivity index (χ1n) is 10.7. The lowest BCUT2D eigenvalue weighted by atomic mass is 9.80. The predicted octanol–water partition coefficient (Wildman–Crippen LogP) is 2.06. The molecule has 2 aromatic heterocycles. The van der Waals surface area contributed by atoms with Crippen LogP contribution in [0.5, 0.6) is 0 Å². The number of amides is 1. The number of nitrogens with zero attached hydrogens (tertiary/aromatic N) is 4. The third-order valence-corrected chi connectivity index (χ3v) is 7.88. The Kier molecular flexibility index (Phi) is 5.13. The Morgan fingerprint density at radius 3 is 2.82 bits per heavy atom. The van der Waals surface area contributed by atoms with Gasteiger partial charge in [-0.3, -0.25) is 4.79 Å². The summed E-state index contributed by atoms with van der Waals surface area (Å²) < 4.78 is 36.9. The van der Waals surface area contributed by atoms with E-state index >= 15 is 0 Å². The summed E-state index contributed by atoms with van der Waals surface area (Å²) in [6.07, 6.45) is 3.56. The predicted molar refractivity (Wildman–Crippen MR) is 118 cm³/mol. The Labute approximate surface area is 191 Å². The molecule has 0 radical (unpaired) electrons. The Morgan fingerprint density at radius 1 is 1.30 bits per heavy atom. The van der Waals surface area contributed by atoms with Crippen molar-refractivity contribution in [1.82, 2.24) is 24.7 Å². The molecule has 1 aliphatic carbocycles. The number of hydrogen-bond donors (Lipinski definition) is 1. The number of rotatable bonds is 5. The van der Waals surface area contributed by atoms with Crippen molar-refractivity contribution in [2.45, 2.75) is 38.1 Å². The monoisotopic (exact) mass is 471 g/mol. The van der Waals surface area contributed by atoms with Gasteiger partial charge in [-0.25, -0.2) is 17.7 Å². The molecule has 1 saturated heterocycles. The second-order valence-electron chi connectivity index (χ2n) is 9.07. The maximum atomic E-state index is 13.1. The molecule has 2 aliphatic rings. The Morgan fingerprint density at radius 2 is 2.12 bits per heavy atom. The van der Waals surface area contributed by atoms with Crippen LogP contribution in [0.4, 0.5) is 0 Å². The van der Waals surface area contributed by atoms with E-state index in [4.69, 9.17) is 8.94 Å². The average molecular weight is 472 g/mol. The highest BCUT2D eigenvalue weighted by Gasteiger charge is 2.59. The highest BCUT2D eigenvalue weighted by molar-refractivity contribution is 7.88. The van der Waals surface area contributed by atoms with Crippen molar-refractivity contribution in [3.63, 3.8) is 0 Å². The van der Waals surface area contributed by atoms with Crippen molar-refractivity contribution >= 4 is 15.9 Å². The zero-order chi connectivity index (χ0) is 23.4. The van der Waals surface area contributed by atoms with E-state index in [9.17, 15) is 13.2 Å². The van der Waals surface area contributed by atoms with Gasteiger partial charge < -0.3 is 14.3 Å². The summed E-state index contributed by atoms with van der Waals surface area (Å²) in [6.45, 7) is 4.30. The van der Waals surface area contributed by atoms with Gasteiger partial charge in [-0.05, 0) is 38.7 Å². The first-order chi connectivity index (χ1) is 15.7. The van der Waals surface area contributed by atoms with E-state index in [1.807, 2.05) is 31.2 Å². The smallest absolute Gasteiger partial charge is 0.274 e. The molecular weight excluding hydrogens is 446 g/mol. The lowest BCUT2D eigenvalue weighted by molar-refractivity contribution is 0.0930. The molecule has 3 aromatic rings. The Hall–Kier alpha value is -3.05. The molecular formula is C22H25N5O5S. The number of benzene rings is 1. The fourth-order valence-corrected chi connectivity index (χ4v) is 6.09. The third-order valence-electron chi connectivity index (χ3n) is 6.66. The van der Waals surface area contributed by atoms with E-state index < -0.39 is 15.4 Å². The number of sulfonamides is 1. The summed E-state index contributed by atoms with van der Waals surface area (Å²) in [5.74, 6) is 0.955. The Bertz CT molecular complexity index is 1320. The molecule has 2 fully saturated rings. The minimum atomic E-state index is -3.37. The standard InChI is InChI=1S/C22H25N5O5S/c1-13-5-4-6-15(7-13)19-18(23-12-31-19)20(28)25-17-8-16-10-27(33(3,29)30)11-22(16,9-17)21-24-14(2)26-32-21/h4-7,12,16-17H,8-11H2,1-3H3,(H,25,28)/t16-,17+,22-/m0/s1. The first kappa shape index (κ1) is 21.8. The van der Waals surface area contributed by atoms with Crippen molar-refractivity contribution in [2.24, 2.45) is 5.92 Å². The summed E-state index contributed by atoms with van der Waals surface area (Å²) in [4.78, 5) is 21.7. The maximum absolute atomic E-state index is 13.1. The quantitative estimate of drug-likeness (QED) is 0.598. The van der Waals surface area contributed by atoms with Gasteiger partial charge in [0.2, 0.25) is 15.9 Å². The van der Waals surface area contributed by atoms with Gasteiger partial charge in [0, 0.05) is 24.7 Å². The Balaban J connectivity index is 1.39. The van der Waals surface area contributed by atoms with Crippen LogP contribution >= 0.6 is 0 Å². The molecule has 1 aromatic carbocycles. The molecule has 5 rings (SSSR count). The van der Waals surface area contributed by atoms with Crippen LogP contribution in [0, 0.1) is 19.8 Å². The number of hydrogen-bond acceptors (Lipinski definition) is 8. The molecule has 0 unspecified atom stereocenters. The van der Waals surface area contributed by atoms with Crippen LogP contribution in [-0.4, -0.2) is 59.1 Å². The van der Waals surface area contributed by atoms with Gasteiger partial charge in [0.15, 0.2) is 23.7 Å². The van der Waals surface area contributed by atoms with Gasteiger partial charge in [0.05, 0.1) is 11.7 Å². The molecule has 3 heterocycles. The van der Waals surface area contributed by atoms with Crippen molar-refractivity contribution < 1.29 is 22.2 Å². The third kappa shape index (κ3) is 3.84. The number of aryl methyl sites for hydroxylation is 2. The van der Waals surface area contributed by atoms with Gasteiger partial charge in [-0.1, -0.05) is 28.9 Å². The van der Waals surface area contributed by atoms with E-state index in [-0.39, 0.29) is 30.1 Å². The largest absolute Gasteiger partial charge is 0.443 e. The van der Waals surface area contributed by atoms with Gasteiger partial charge in [0.25, 0.3) is 5.91 Å².